The average Bonchev–Trinajstić information content (AvgIpc) is 2.78. The van der Waals surface area contributed by atoms with Gasteiger partial charge < -0.3 is 5.32 Å². The Balaban J connectivity index is 1.99. The van der Waals surface area contributed by atoms with Crippen LogP contribution in [0.1, 0.15) is 35.2 Å². The van der Waals surface area contributed by atoms with Crippen molar-refractivity contribution < 1.29 is 26.4 Å². The van der Waals surface area contributed by atoms with Crippen molar-refractivity contribution in [2.45, 2.75) is 37.9 Å². The van der Waals surface area contributed by atoms with Gasteiger partial charge in [-0.25, -0.2) is 8.42 Å². The van der Waals surface area contributed by atoms with Crippen molar-refractivity contribution >= 4 is 33.2 Å². The molecule has 0 saturated carbocycles. The minimum atomic E-state index is -4.81. The summed E-state index contributed by atoms with van der Waals surface area (Å²) in [6.45, 7) is 4.68. The highest BCUT2D eigenvalue weighted by Crippen LogP contribution is 2.38. The highest BCUT2D eigenvalue weighted by molar-refractivity contribution is 7.92. The van der Waals surface area contributed by atoms with Crippen LogP contribution in [0, 0.1) is 13.8 Å². The Morgan fingerprint density at radius 1 is 0.971 bits per heavy atom. The molecule has 0 radical (unpaired) electrons. The fourth-order valence-electron chi connectivity index (χ4n) is 3.39. The topological polar surface area (TPSA) is 66.5 Å². The van der Waals surface area contributed by atoms with E-state index in [1.54, 1.807) is 26.0 Å². The van der Waals surface area contributed by atoms with Gasteiger partial charge in [0.1, 0.15) is 6.54 Å². The molecule has 1 amide bonds. The highest BCUT2D eigenvalue weighted by Gasteiger charge is 2.35. The number of halogens is 4. The molecule has 186 valence electrons. The second-order valence-corrected chi connectivity index (χ2v) is 10.5. The summed E-state index contributed by atoms with van der Waals surface area (Å²) in [5.41, 5.74) is 1.09. The van der Waals surface area contributed by atoms with Gasteiger partial charge in [0.2, 0.25) is 5.91 Å². The predicted molar refractivity (Wildman–Crippen MR) is 130 cm³/mol. The zero-order valence-corrected chi connectivity index (χ0v) is 20.8. The molecule has 35 heavy (non-hydrogen) atoms. The van der Waals surface area contributed by atoms with Crippen LogP contribution in [0.25, 0.3) is 0 Å². The number of carbonyl (C=O) groups is 1. The molecule has 0 fully saturated rings. The molecular formula is C25H24ClF3N2O3S. The van der Waals surface area contributed by atoms with Gasteiger partial charge in [0.05, 0.1) is 27.2 Å². The molecule has 0 aromatic heterocycles. The van der Waals surface area contributed by atoms with E-state index < -0.39 is 45.3 Å². The maximum absolute atomic E-state index is 13.5. The number of nitrogens with zero attached hydrogens (tertiary/aromatic N) is 1. The molecule has 0 heterocycles. The lowest BCUT2D eigenvalue weighted by molar-refractivity contribution is -0.137. The predicted octanol–water partition coefficient (Wildman–Crippen LogP) is 6.05. The molecule has 10 heteroatoms. The molecule has 3 aromatic carbocycles. The first-order chi connectivity index (χ1) is 16.3. The molecular weight excluding hydrogens is 501 g/mol. The molecule has 0 bridgehead atoms. The second kappa shape index (κ2) is 10.3. The van der Waals surface area contributed by atoms with Gasteiger partial charge in [0.25, 0.3) is 10.0 Å². The summed E-state index contributed by atoms with van der Waals surface area (Å²) in [5.74, 6) is -0.683. The first-order valence-electron chi connectivity index (χ1n) is 10.6. The standard InChI is InChI=1S/C25H24ClF3N2O3S/c1-16-4-8-19(9-5-16)18(3)30-24(32)15-31(35(33,34)21-11-6-17(2)7-12-21)20-10-13-23(26)22(14-20)25(27,28)29/h4-14,18H,15H2,1-3H3,(H,30,32)/t18-/m0/s1. The summed E-state index contributed by atoms with van der Waals surface area (Å²) in [6.07, 6.45) is -4.81. The third-order valence-corrected chi connectivity index (χ3v) is 7.51. The summed E-state index contributed by atoms with van der Waals surface area (Å²) < 4.78 is 68.0. The van der Waals surface area contributed by atoms with Crippen molar-refractivity contribution in [3.8, 4) is 0 Å². The number of rotatable bonds is 7. The number of carbonyl (C=O) groups excluding carboxylic acids is 1. The van der Waals surface area contributed by atoms with E-state index in [-0.39, 0.29) is 10.6 Å². The molecule has 0 spiro atoms. The lowest BCUT2D eigenvalue weighted by Gasteiger charge is -2.26. The van der Waals surface area contributed by atoms with Crippen molar-refractivity contribution in [1.29, 1.82) is 0 Å². The monoisotopic (exact) mass is 524 g/mol. The maximum atomic E-state index is 13.5. The van der Waals surface area contributed by atoms with Crippen molar-refractivity contribution in [2.24, 2.45) is 0 Å². The smallest absolute Gasteiger partial charge is 0.348 e. The Morgan fingerprint density at radius 2 is 1.51 bits per heavy atom. The van der Waals surface area contributed by atoms with Gasteiger partial charge in [-0.1, -0.05) is 59.1 Å². The Kier molecular flexibility index (Phi) is 7.81. The highest BCUT2D eigenvalue weighted by atomic mass is 35.5. The van der Waals surface area contributed by atoms with Crippen molar-refractivity contribution in [3.05, 3.63) is 94.0 Å². The van der Waals surface area contributed by atoms with Crippen molar-refractivity contribution in [3.63, 3.8) is 0 Å². The van der Waals surface area contributed by atoms with Gasteiger partial charge in [-0.3, -0.25) is 9.10 Å². The summed E-state index contributed by atoms with van der Waals surface area (Å²) in [4.78, 5) is 12.7. The Morgan fingerprint density at radius 3 is 2.06 bits per heavy atom. The largest absolute Gasteiger partial charge is 0.417 e. The molecule has 3 aromatic rings. The number of amides is 1. The molecule has 0 aliphatic rings. The first kappa shape index (κ1) is 26.6. The van der Waals surface area contributed by atoms with Gasteiger partial charge in [-0.2, -0.15) is 13.2 Å². The van der Waals surface area contributed by atoms with Crippen LogP contribution in [-0.4, -0.2) is 20.9 Å². The number of hydrogen-bond donors (Lipinski definition) is 1. The van der Waals surface area contributed by atoms with Crippen LogP contribution in [0.4, 0.5) is 18.9 Å². The van der Waals surface area contributed by atoms with Gasteiger partial charge in [-0.05, 0) is 56.7 Å². The van der Waals surface area contributed by atoms with Crippen LogP contribution in [0.15, 0.2) is 71.6 Å². The van der Waals surface area contributed by atoms with E-state index in [0.29, 0.717) is 10.4 Å². The number of benzene rings is 3. The fraction of sp³-hybridized carbons (Fsp3) is 0.240. The van der Waals surface area contributed by atoms with E-state index in [0.717, 1.165) is 28.8 Å². The summed E-state index contributed by atoms with van der Waals surface area (Å²) >= 11 is 5.72. The van der Waals surface area contributed by atoms with E-state index in [1.165, 1.54) is 12.1 Å². The third-order valence-electron chi connectivity index (χ3n) is 5.39. The van der Waals surface area contributed by atoms with E-state index in [2.05, 4.69) is 5.32 Å². The van der Waals surface area contributed by atoms with Crippen LogP contribution < -0.4 is 9.62 Å². The zero-order chi connectivity index (χ0) is 26.0. The molecule has 0 unspecified atom stereocenters. The number of alkyl halides is 3. The number of aryl methyl sites for hydroxylation is 2. The van der Waals surface area contributed by atoms with E-state index in [4.69, 9.17) is 11.6 Å². The van der Waals surface area contributed by atoms with Gasteiger partial charge in [0.15, 0.2) is 0 Å². The van der Waals surface area contributed by atoms with Crippen molar-refractivity contribution in [1.82, 2.24) is 5.32 Å². The minimum absolute atomic E-state index is 0.161. The van der Waals surface area contributed by atoms with E-state index in [1.807, 2.05) is 31.2 Å². The van der Waals surface area contributed by atoms with Crippen molar-refractivity contribution in [2.75, 3.05) is 10.8 Å². The van der Waals surface area contributed by atoms with Crippen LogP contribution in [0.3, 0.4) is 0 Å². The molecule has 0 aliphatic carbocycles. The fourth-order valence-corrected chi connectivity index (χ4v) is 5.03. The van der Waals surface area contributed by atoms with Gasteiger partial charge in [0, 0.05) is 0 Å². The summed E-state index contributed by atoms with van der Waals surface area (Å²) in [7, 11) is -4.39. The van der Waals surface area contributed by atoms with Crippen LogP contribution in [0.2, 0.25) is 5.02 Å². The lowest BCUT2D eigenvalue weighted by Crippen LogP contribution is -2.41. The maximum Gasteiger partial charge on any atom is 0.417 e. The Labute approximate surface area is 207 Å². The normalized spacial score (nSPS) is 12.8. The summed E-state index contributed by atoms with van der Waals surface area (Å²) in [5, 5.41) is 2.13. The van der Waals surface area contributed by atoms with Crippen LogP contribution >= 0.6 is 11.6 Å². The number of sulfonamides is 1. The van der Waals surface area contributed by atoms with Gasteiger partial charge in [-0.15, -0.1) is 0 Å². The quantitative estimate of drug-likeness (QED) is 0.409. The van der Waals surface area contributed by atoms with Gasteiger partial charge >= 0.3 is 6.18 Å². The van der Waals surface area contributed by atoms with Crippen LogP contribution in [-0.2, 0) is 21.0 Å². The molecule has 5 nitrogen and oxygen atoms in total. The number of hydrogen-bond acceptors (Lipinski definition) is 3. The number of nitrogens with one attached hydrogen (secondary N) is 1. The molecule has 0 aliphatic heterocycles. The van der Waals surface area contributed by atoms with E-state index in [9.17, 15) is 26.4 Å². The van der Waals surface area contributed by atoms with E-state index >= 15 is 0 Å². The molecule has 1 atom stereocenters. The Bertz CT molecular complexity index is 1310. The minimum Gasteiger partial charge on any atom is -0.348 e. The average molecular weight is 525 g/mol. The number of anilines is 1. The lowest BCUT2D eigenvalue weighted by atomic mass is 10.1. The summed E-state index contributed by atoms with van der Waals surface area (Å²) in [6, 6.07) is 15.5. The Hall–Kier alpha value is -3.04. The SMILES string of the molecule is Cc1ccc([C@H](C)NC(=O)CN(c2ccc(Cl)c(C(F)(F)F)c2)S(=O)(=O)c2ccc(C)cc2)cc1. The molecule has 1 N–H and O–H groups in total. The van der Waals surface area contributed by atoms with Crippen LogP contribution in [0.5, 0.6) is 0 Å². The third kappa shape index (κ3) is 6.35. The molecule has 3 rings (SSSR count). The zero-order valence-electron chi connectivity index (χ0n) is 19.2. The second-order valence-electron chi connectivity index (χ2n) is 8.19. The molecule has 0 saturated heterocycles. The first-order valence-corrected chi connectivity index (χ1v) is 12.4.